The minimum Gasteiger partial charge on any atom is -0.481 e. The summed E-state index contributed by atoms with van der Waals surface area (Å²) in [6.07, 6.45) is 1.97. The van der Waals surface area contributed by atoms with Crippen LogP contribution >= 0.6 is 0 Å². The smallest absolute Gasteiger partial charge is 0.407 e. The predicted molar refractivity (Wildman–Crippen MR) is 133 cm³/mol. The fourth-order valence-corrected chi connectivity index (χ4v) is 5.23. The number of nitrogens with one attached hydrogen (secondary N) is 2. The van der Waals surface area contributed by atoms with Gasteiger partial charge in [-0.05, 0) is 53.4 Å². The van der Waals surface area contributed by atoms with Gasteiger partial charge in [0.25, 0.3) is 0 Å². The second-order valence-corrected chi connectivity index (χ2v) is 10.2. The van der Waals surface area contributed by atoms with E-state index in [-0.39, 0.29) is 43.1 Å². The van der Waals surface area contributed by atoms with Crippen LogP contribution in [-0.2, 0) is 14.3 Å². The number of benzene rings is 2. The number of amides is 2. The van der Waals surface area contributed by atoms with Crippen molar-refractivity contribution in [1.82, 2.24) is 10.6 Å². The molecule has 7 nitrogen and oxygen atoms in total. The molecular formula is C28H34N2O5. The van der Waals surface area contributed by atoms with E-state index in [9.17, 15) is 14.4 Å². The first-order valence-corrected chi connectivity index (χ1v) is 12.4. The van der Waals surface area contributed by atoms with Crippen molar-refractivity contribution in [3.8, 4) is 11.1 Å². The Bertz CT molecular complexity index is 1050. The van der Waals surface area contributed by atoms with Gasteiger partial charge < -0.3 is 20.5 Å². The lowest BCUT2D eigenvalue weighted by atomic mass is 9.74. The molecule has 0 aromatic heterocycles. The van der Waals surface area contributed by atoms with Crippen molar-refractivity contribution >= 4 is 18.0 Å². The average molecular weight is 479 g/mol. The fraction of sp³-hybridized carbons (Fsp3) is 0.464. The predicted octanol–water partition coefficient (Wildman–Crippen LogP) is 4.70. The van der Waals surface area contributed by atoms with E-state index in [1.54, 1.807) is 0 Å². The van der Waals surface area contributed by atoms with Gasteiger partial charge in [0, 0.05) is 18.9 Å². The molecule has 186 valence electrons. The molecule has 2 aliphatic carbocycles. The summed E-state index contributed by atoms with van der Waals surface area (Å²) >= 11 is 0. The number of carbonyl (C=O) groups excluding carboxylic acids is 2. The van der Waals surface area contributed by atoms with Crippen molar-refractivity contribution in [2.75, 3.05) is 13.2 Å². The van der Waals surface area contributed by atoms with Gasteiger partial charge in [-0.15, -0.1) is 0 Å². The van der Waals surface area contributed by atoms with Crippen molar-refractivity contribution < 1.29 is 24.2 Å². The van der Waals surface area contributed by atoms with Crippen molar-refractivity contribution in [2.24, 2.45) is 11.8 Å². The molecule has 1 atom stereocenters. The van der Waals surface area contributed by atoms with E-state index < -0.39 is 17.6 Å². The van der Waals surface area contributed by atoms with Crippen LogP contribution in [0.5, 0.6) is 0 Å². The molecule has 4 rings (SSSR count). The molecule has 7 heteroatoms. The first kappa shape index (κ1) is 24.8. The normalized spacial score (nSPS) is 16.5. The fourth-order valence-electron chi connectivity index (χ4n) is 5.23. The minimum atomic E-state index is -0.901. The first-order valence-electron chi connectivity index (χ1n) is 12.4. The summed E-state index contributed by atoms with van der Waals surface area (Å²) in [5.74, 6) is -1.00. The third kappa shape index (κ3) is 5.66. The van der Waals surface area contributed by atoms with Crippen LogP contribution in [0.3, 0.4) is 0 Å². The second kappa shape index (κ2) is 10.5. The van der Waals surface area contributed by atoms with E-state index in [0.717, 1.165) is 17.5 Å². The number of rotatable bonds is 10. The Kier molecular flexibility index (Phi) is 7.43. The molecule has 2 aromatic rings. The van der Waals surface area contributed by atoms with Gasteiger partial charge in [-0.25, -0.2) is 4.79 Å². The topological polar surface area (TPSA) is 105 Å². The highest BCUT2D eigenvalue weighted by molar-refractivity contribution is 5.80. The van der Waals surface area contributed by atoms with Crippen LogP contribution in [0.1, 0.15) is 63.0 Å². The van der Waals surface area contributed by atoms with Crippen LogP contribution in [0.2, 0.25) is 0 Å². The summed E-state index contributed by atoms with van der Waals surface area (Å²) in [6.45, 7) is 4.57. The summed E-state index contributed by atoms with van der Waals surface area (Å²) in [6, 6.07) is 16.4. The lowest BCUT2D eigenvalue weighted by molar-refractivity contribution is -0.140. The molecule has 1 unspecified atom stereocenters. The van der Waals surface area contributed by atoms with Crippen LogP contribution in [0.4, 0.5) is 4.79 Å². The van der Waals surface area contributed by atoms with E-state index in [0.29, 0.717) is 19.4 Å². The van der Waals surface area contributed by atoms with E-state index in [2.05, 4.69) is 34.9 Å². The third-order valence-corrected chi connectivity index (χ3v) is 7.45. The summed E-state index contributed by atoms with van der Waals surface area (Å²) in [5.41, 5.74) is 4.05. The Morgan fingerprint density at radius 3 is 2.14 bits per heavy atom. The number of carboxylic acids is 1. The molecule has 0 aliphatic heterocycles. The molecule has 0 saturated heterocycles. The zero-order valence-corrected chi connectivity index (χ0v) is 20.4. The summed E-state index contributed by atoms with van der Waals surface area (Å²) in [4.78, 5) is 36.4. The van der Waals surface area contributed by atoms with E-state index in [1.165, 1.54) is 11.1 Å². The molecule has 1 fully saturated rings. The maximum absolute atomic E-state index is 12.7. The highest BCUT2D eigenvalue weighted by atomic mass is 16.5. The Hall–Kier alpha value is -3.35. The van der Waals surface area contributed by atoms with Gasteiger partial charge in [-0.3, -0.25) is 9.59 Å². The van der Waals surface area contributed by atoms with Crippen LogP contribution < -0.4 is 10.6 Å². The van der Waals surface area contributed by atoms with E-state index in [1.807, 2.05) is 38.1 Å². The molecule has 2 amide bonds. The Morgan fingerprint density at radius 2 is 1.63 bits per heavy atom. The molecule has 1 saturated carbocycles. The number of aliphatic carboxylic acids is 1. The van der Waals surface area contributed by atoms with E-state index in [4.69, 9.17) is 9.84 Å². The van der Waals surface area contributed by atoms with Crippen LogP contribution in [-0.4, -0.2) is 41.8 Å². The number of fused-ring (bicyclic) bond motifs is 3. The van der Waals surface area contributed by atoms with Crippen molar-refractivity contribution in [3.63, 3.8) is 0 Å². The van der Waals surface area contributed by atoms with Gasteiger partial charge >= 0.3 is 12.1 Å². The van der Waals surface area contributed by atoms with Crippen molar-refractivity contribution in [1.29, 1.82) is 0 Å². The average Bonchev–Trinajstić information content (AvgIpc) is 3.12. The molecule has 2 aromatic carbocycles. The number of ether oxygens (including phenoxy) is 1. The Labute approximate surface area is 206 Å². The summed E-state index contributed by atoms with van der Waals surface area (Å²) in [5, 5.41) is 14.9. The lowest BCUT2D eigenvalue weighted by Crippen LogP contribution is -2.55. The Morgan fingerprint density at radius 1 is 1.03 bits per heavy atom. The third-order valence-electron chi connectivity index (χ3n) is 7.45. The maximum atomic E-state index is 12.7. The number of carbonyl (C=O) groups is 3. The molecule has 35 heavy (non-hydrogen) atoms. The second-order valence-electron chi connectivity index (χ2n) is 10.2. The van der Waals surface area contributed by atoms with Crippen LogP contribution in [0.25, 0.3) is 11.1 Å². The number of hydrogen-bond donors (Lipinski definition) is 3. The van der Waals surface area contributed by atoms with Gasteiger partial charge in [-0.2, -0.15) is 0 Å². The van der Waals surface area contributed by atoms with Crippen molar-refractivity contribution in [2.45, 2.75) is 57.4 Å². The Balaban J connectivity index is 1.29. The largest absolute Gasteiger partial charge is 0.481 e. The van der Waals surface area contributed by atoms with Gasteiger partial charge in [-0.1, -0.05) is 62.4 Å². The maximum Gasteiger partial charge on any atom is 0.407 e. The zero-order chi connectivity index (χ0) is 25.0. The summed E-state index contributed by atoms with van der Waals surface area (Å²) < 4.78 is 5.61. The number of carboxylic acid groups (broad SMARTS) is 1. The van der Waals surface area contributed by atoms with Crippen molar-refractivity contribution in [3.05, 3.63) is 59.7 Å². The number of alkyl carbamates (subject to hydrolysis) is 1. The molecular weight excluding hydrogens is 444 g/mol. The lowest BCUT2D eigenvalue weighted by Gasteiger charge is -2.41. The molecule has 0 spiro atoms. The SMILES string of the molecule is CC(C)C(CNC(=O)OCC1c2ccccc2-c2ccccc21)CC(=O)NC1(CC(=O)O)CCC1. The molecule has 2 aliphatic rings. The summed E-state index contributed by atoms with van der Waals surface area (Å²) in [7, 11) is 0. The first-order chi connectivity index (χ1) is 16.8. The van der Waals surface area contributed by atoms with Crippen LogP contribution in [0, 0.1) is 11.8 Å². The monoisotopic (exact) mass is 478 g/mol. The van der Waals surface area contributed by atoms with Gasteiger partial charge in [0.2, 0.25) is 5.91 Å². The zero-order valence-electron chi connectivity index (χ0n) is 20.4. The number of hydrogen-bond acceptors (Lipinski definition) is 4. The van der Waals surface area contributed by atoms with Crippen LogP contribution in [0.15, 0.2) is 48.5 Å². The quantitative estimate of drug-likeness (QED) is 0.459. The van der Waals surface area contributed by atoms with Gasteiger partial charge in [0.15, 0.2) is 0 Å². The van der Waals surface area contributed by atoms with Gasteiger partial charge in [0.1, 0.15) is 6.61 Å². The molecule has 3 N–H and O–H groups in total. The van der Waals surface area contributed by atoms with E-state index >= 15 is 0 Å². The standard InChI is InChI=1S/C28H34N2O5/c1-18(2)19(14-25(31)30-28(12-7-13-28)15-26(32)33)16-29-27(34)35-17-24-22-10-5-3-8-20(22)21-9-4-6-11-23(21)24/h3-6,8-11,18-19,24H,7,12-17H2,1-2H3,(H,29,34)(H,30,31)(H,32,33). The molecule has 0 bridgehead atoms. The highest BCUT2D eigenvalue weighted by Crippen LogP contribution is 2.44. The minimum absolute atomic E-state index is 0.00674. The highest BCUT2D eigenvalue weighted by Gasteiger charge is 2.40. The molecule has 0 heterocycles. The van der Waals surface area contributed by atoms with Gasteiger partial charge in [0.05, 0.1) is 12.0 Å². The molecule has 0 radical (unpaired) electrons.